The summed E-state index contributed by atoms with van der Waals surface area (Å²) in [6, 6.07) is 4.56. The number of ether oxygens (including phenoxy) is 1. The Bertz CT molecular complexity index is 530. The molecule has 0 saturated carbocycles. The molecule has 0 radical (unpaired) electrons. The van der Waals surface area contributed by atoms with E-state index < -0.39 is 11.0 Å². The minimum Gasteiger partial charge on any atom is -0.468 e. The smallest absolute Gasteiger partial charge is 0.312 e. The third kappa shape index (κ3) is 3.51. The number of nitrogens with zero attached hydrogens (tertiary/aromatic N) is 2. The number of halogens is 1. The van der Waals surface area contributed by atoms with Gasteiger partial charge in [0.25, 0.3) is 0 Å². The van der Waals surface area contributed by atoms with Crippen molar-refractivity contribution in [2.45, 2.75) is 26.4 Å². The molecule has 0 aliphatic rings. The normalized spacial score (nSPS) is 11.5. The van der Waals surface area contributed by atoms with Crippen molar-refractivity contribution in [2.75, 3.05) is 0 Å². The molecule has 1 rings (SSSR count). The fourth-order valence-electron chi connectivity index (χ4n) is 1.44. The SMILES string of the molecule is CCC(C#N)Oc1c(C(C)=O)cc(Br)cc1[N+](=O)[O-]. The average Bonchev–Trinajstić information content (AvgIpc) is 2.36. The van der Waals surface area contributed by atoms with Crippen molar-refractivity contribution in [1.29, 1.82) is 5.26 Å². The first-order chi connectivity index (χ1) is 8.90. The van der Waals surface area contributed by atoms with Gasteiger partial charge in [0.15, 0.2) is 11.9 Å². The highest BCUT2D eigenvalue weighted by atomic mass is 79.9. The van der Waals surface area contributed by atoms with Crippen LogP contribution in [0.1, 0.15) is 30.6 Å². The summed E-state index contributed by atoms with van der Waals surface area (Å²) >= 11 is 3.11. The van der Waals surface area contributed by atoms with E-state index in [1.807, 2.05) is 6.07 Å². The summed E-state index contributed by atoms with van der Waals surface area (Å²) in [6.07, 6.45) is -0.473. The highest BCUT2D eigenvalue weighted by molar-refractivity contribution is 9.10. The number of nitriles is 1. The Morgan fingerprint density at radius 3 is 2.68 bits per heavy atom. The van der Waals surface area contributed by atoms with Gasteiger partial charge in [0, 0.05) is 10.5 Å². The van der Waals surface area contributed by atoms with Crippen molar-refractivity contribution in [3.8, 4) is 11.8 Å². The first-order valence-corrected chi connectivity index (χ1v) is 6.25. The summed E-state index contributed by atoms with van der Waals surface area (Å²) in [4.78, 5) is 21.9. The van der Waals surface area contributed by atoms with E-state index in [0.717, 1.165) is 0 Å². The summed E-state index contributed by atoms with van der Waals surface area (Å²) in [5.74, 6) is -0.527. The predicted molar refractivity (Wildman–Crippen MR) is 71.1 cm³/mol. The van der Waals surface area contributed by atoms with Gasteiger partial charge in [0.1, 0.15) is 6.07 Å². The Morgan fingerprint density at radius 2 is 2.26 bits per heavy atom. The molecule has 0 amide bonds. The summed E-state index contributed by atoms with van der Waals surface area (Å²) in [5, 5.41) is 19.9. The molecule has 1 atom stereocenters. The first-order valence-electron chi connectivity index (χ1n) is 5.45. The summed E-state index contributed by atoms with van der Waals surface area (Å²) < 4.78 is 5.71. The molecule has 0 bridgehead atoms. The lowest BCUT2D eigenvalue weighted by Crippen LogP contribution is -2.15. The second-order valence-electron chi connectivity index (χ2n) is 3.76. The van der Waals surface area contributed by atoms with Gasteiger partial charge in [-0.2, -0.15) is 5.26 Å². The van der Waals surface area contributed by atoms with Crippen molar-refractivity contribution in [1.82, 2.24) is 0 Å². The first kappa shape index (κ1) is 15.1. The molecule has 0 spiro atoms. The van der Waals surface area contributed by atoms with Crippen LogP contribution in [0.3, 0.4) is 0 Å². The number of hydrogen-bond donors (Lipinski definition) is 0. The van der Waals surface area contributed by atoms with Crippen LogP contribution in [-0.2, 0) is 0 Å². The van der Waals surface area contributed by atoms with Gasteiger partial charge in [-0.05, 0) is 19.4 Å². The number of benzene rings is 1. The van der Waals surface area contributed by atoms with Gasteiger partial charge in [-0.25, -0.2) is 0 Å². The van der Waals surface area contributed by atoms with Crippen LogP contribution >= 0.6 is 15.9 Å². The van der Waals surface area contributed by atoms with E-state index in [1.54, 1.807) is 6.92 Å². The van der Waals surface area contributed by atoms with E-state index in [4.69, 9.17) is 10.00 Å². The molecule has 1 unspecified atom stereocenters. The monoisotopic (exact) mass is 326 g/mol. The van der Waals surface area contributed by atoms with E-state index in [1.165, 1.54) is 19.1 Å². The van der Waals surface area contributed by atoms with Gasteiger partial charge in [0.2, 0.25) is 5.75 Å². The third-order valence-corrected chi connectivity index (χ3v) is 2.84. The van der Waals surface area contributed by atoms with E-state index >= 15 is 0 Å². The molecule has 0 saturated heterocycles. The van der Waals surface area contributed by atoms with Crippen LogP contribution in [0.4, 0.5) is 5.69 Å². The second-order valence-corrected chi connectivity index (χ2v) is 4.67. The third-order valence-electron chi connectivity index (χ3n) is 2.38. The van der Waals surface area contributed by atoms with Gasteiger partial charge in [-0.15, -0.1) is 0 Å². The van der Waals surface area contributed by atoms with Gasteiger partial charge < -0.3 is 4.74 Å². The van der Waals surface area contributed by atoms with Crippen LogP contribution in [0.15, 0.2) is 16.6 Å². The van der Waals surface area contributed by atoms with Crippen LogP contribution in [0.5, 0.6) is 5.75 Å². The van der Waals surface area contributed by atoms with Crippen molar-refractivity contribution >= 4 is 27.4 Å². The number of Topliss-reactive ketones (excluding diaryl/α,β-unsaturated/α-hetero) is 1. The Kier molecular flexibility index (Phi) is 5.01. The van der Waals surface area contributed by atoms with E-state index in [-0.39, 0.29) is 22.8 Å². The lowest BCUT2D eigenvalue weighted by Gasteiger charge is -2.13. The number of nitro benzene ring substituents is 1. The Morgan fingerprint density at radius 1 is 1.63 bits per heavy atom. The zero-order chi connectivity index (χ0) is 14.6. The number of nitro groups is 1. The summed E-state index contributed by atoms with van der Waals surface area (Å²) in [6.45, 7) is 3.00. The number of ketones is 1. The minimum absolute atomic E-state index is 0.0785. The maximum atomic E-state index is 11.5. The molecule has 0 aromatic heterocycles. The van der Waals surface area contributed by atoms with Crippen LogP contribution < -0.4 is 4.74 Å². The number of carbonyl (C=O) groups is 1. The summed E-state index contributed by atoms with van der Waals surface area (Å²) in [5.41, 5.74) is -0.261. The zero-order valence-corrected chi connectivity index (χ0v) is 11.9. The molecule has 19 heavy (non-hydrogen) atoms. The number of carbonyl (C=O) groups excluding carboxylic acids is 1. The zero-order valence-electron chi connectivity index (χ0n) is 10.3. The molecule has 0 aliphatic carbocycles. The Hall–Kier alpha value is -1.94. The van der Waals surface area contributed by atoms with Crippen LogP contribution in [0.25, 0.3) is 0 Å². The van der Waals surface area contributed by atoms with Crippen molar-refractivity contribution in [3.05, 3.63) is 32.3 Å². The quantitative estimate of drug-likeness (QED) is 0.470. The van der Waals surface area contributed by atoms with Gasteiger partial charge in [-0.3, -0.25) is 14.9 Å². The number of hydrogen-bond acceptors (Lipinski definition) is 5. The Balaban J connectivity index is 3.44. The average molecular weight is 327 g/mol. The van der Waals surface area contributed by atoms with Crippen molar-refractivity contribution in [3.63, 3.8) is 0 Å². The van der Waals surface area contributed by atoms with Crippen molar-refractivity contribution < 1.29 is 14.5 Å². The molecule has 1 aromatic carbocycles. The van der Waals surface area contributed by atoms with Gasteiger partial charge >= 0.3 is 5.69 Å². The van der Waals surface area contributed by atoms with Crippen LogP contribution in [-0.4, -0.2) is 16.8 Å². The molecule has 0 heterocycles. The number of rotatable bonds is 5. The van der Waals surface area contributed by atoms with Crippen LogP contribution in [0, 0.1) is 21.4 Å². The lowest BCUT2D eigenvalue weighted by molar-refractivity contribution is -0.386. The fourth-order valence-corrected chi connectivity index (χ4v) is 1.89. The standard InChI is InChI=1S/C12H11BrN2O4/c1-3-9(6-14)19-12-10(7(2)16)4-8(13)5-11(12)15(17)18/h4-5,9H,3H2,1-2H3. The summed E-state index contributed by atoms with van der Waals surface area (Å²) in [7, 11) is 0. The molecule has 6 nitrogen and oxygen atoms in total. The maximum absolute atomic E-state index is 11.5. The van der Waals surface area contributed by atoms with E-state index in [0.29, 0.717) is 10.9 Å². The molecule has 100 valence electrons. The van der Waals surface area contributed by atoms with Crippen molar-refractivity contribution in [2.24, 2.45) is 0 Å². The topological polar surface area (TPSA) is 93.2 Å². The van der Waals surface area contributed by atoms with Gasteiger partial charge in [0.05, 0.1) is 10.5 Å². The van der Waals surface area contributed by atoms with Crippen LogP contribution in [0.2, 0.25) is 0 Å². The van der Waals surface area contributed by atoms with E-state index in [9.17, 15) is 14.9 Å². The largest absolute Gasteiger partial charge is 0.468 e. The lowest BCUT2D eigenvalue weighted by atomic mass is 10.1. The Labute approximate surface area is 118 Å². The maximum Gasteiger partial charge on any atom is 0.312 e. The molecule has 7 heteroatoms. The highest BCUT2D eigenvalue weighted by Crippen LogP contribution is 2.35. The molecule has 0 aliphatic heterocycles. The molecular weight excluding hydrogens is 316 g/mol. The molecule has 0 N–H and O–H groups in total. The van der Waals surface area contributed by atoms with Gasteiger partial charge in [-0.1, -0.05) is 22.9 Å². The molecular formula is C12H11BrN2O4. The fraction of sp³-hybridized carbons (Fsp3) is 0.333. The molecule has 0 fully saturated rings. The minimum atomic E-state index is -0.835. The predicted octanol–water partition coefficient (Wildman–Crippen LogP) is 3.24. The van der Waals surface area contributed by atoms with E-state index in [2.05, 4.69) is 15.9 Å². The highest BCUT2D eigenvalue weighted by Gasteiger charge is 2.25. The molecule has 1 aromatic rings. The second kappa shape index (κ2) is 6.29.